The van der Waals surface area contributed by atoms with Crippen LogP contribution in [0.1, 0.15) is 5.69 Å². The monoisotopic (exact) mass is 275 g/mol. The zero-order chi connectivity index (χ0) is 12.7. The summed E-state index contributed by atoms with van der Waals surface area (Å²) in [4.78, 5) is 29.8. The van der Waals surface area contributed by atoms with E-state index in [0.29, 0.717) is 11.5 Å². The summed E-state index contributed by atoms with van der Waals surface area (Å²) in [6.45, 7) is 0. The number of nitrogens with zero attached hydrogens (tertiary/aromatic N) is 2. The molecule has 0 saturated carbocycles. The number of rotatable bonds is 7. The molecule has 0 aliphatic heterocycles. The molecule has 0 radical (unpaired) electrons. The summed E-state index contributed by atoms with van der Waals surface area (Å²) >= 11 is 2.47. The van der Waals surface area contributed by atoms with E-state index in [1.807, 2.05) is 0 Å². The van der Waals surface area contributed by atoms with Crippen molar-refractivity contribution in [3.05, 3.63) is 11.1 Å². The van der Waals surface area contributed by atoms with Gasteiger partial charge in [0.1, 0.15) is 5.69 Å². The van der Waals surface area contributed by atoms with E-state index in [2.05, 4.69) is 15.5 Å². The van der Waals surface area contributed by atoms with Gasteiger partial charge in [-0.25, -0.2) is 9.78 Å². The summed E-state index contributed by atoms with van der Waals surface area (Å²) in [7, 11) is 0. The van der Waals surface area contributed by atoms with E-state index in [9.17, 15) is 9.59 Å². The molecule has 0 aliphatic rings. The van der Waals surface area contributed by atoms with Crippen molar-refractivity contribution in [2.45, 2.75) is 0 Å². The third-order valence-corrected chi connectivity index (χ3v) is 2.57. The Balaban J connectivity index is 2.85. The van der Waals surface area contributed by atoms with Gasteiger partial charge in [-0.05, 0) is 6.26 Å². The maximum absolute atomic E-state index is 10.9. The molecule has 0 saturated heterocycles. The molecule has 0 aliphatic carbocycles. The second kappa shape index (κ2) is 6.86. The fourth-order valence-electron chi connectivity index (χ4n) is 0.838. The predicted molar refractivity (Wildman–Crippen MR) is 65.4 cm³/mol. The van der Waals surface area contributed by atoms with Crippen molar-refractivity contribution in [1.29, 1.82) is 0 Å². The number of hydrogen-bond donors (Lipinski definition) is 2. The van der Waals surface area contributed by atoms with E-state index in [4.69, 9.17) is 9.94 Å². The highest BCUT2D eigenvalue weighted by Gasteiger charge is 2.17. The molecular weight excluding hydrogens is 266 g/mol. The number of hydrogen-bond acceptors (Lipinski definition) is 7. The number of anilines is 1. The first-order chi connectivity index (χ1) is 8.19. The number of oxime groups is 1. The zero-order valence-corrected chi connectivity index (χ0v) is 10.4. The lowest BCUT2D eigenvalue weighted by molar-refractivity contribution is -0.129. The average molecular weight is 275 g/mol. The Morgan fingerprint density at radius 2 is 2.59 bits per heavy atom. The number of nitrogens with one attached hydrogen (secondary N) is 1. The molecule has 1 heterocycles. The van der Waals surface area contributed by atoms with Crippen LogP contribution in [0.3, 0.4) is 0 Å². The van der Waals surface area contributed by atoms with Gasteiger partial charge in [-0.2, -0.15) is 0 Å². The minimum atomic E-state index is -1.24. The summed E-state index contributed by atoms with van der Waals surface area (Å²) < 4.78 is 0. The Morgan fingerprint density at radius 1 is 1.82 bits per heavy atom. The van der Waals surface area contributed by atoms with Crippen molar-refractivity contribution in [2.75, 3.05) is 17.5 Å². The van der Waals surface area contributed by atoms with Crippen molar-refractivity contribution < 1.29 is 19.5 Å². The van der Waals surface area contributed by atoms with Crippen LogP contribution in [0.2, 0.25) is 0 Å². The van der Waals surface area contributed by atoms with Gasteiger partial charge in [0, 0.05) is 5.38 Å². The van der Waals surface area contributed by atoms with Gasteiger partial charge in [-0.1, -0.05) is 5.16 Å². The molecule has 0 atom stereocenters. The van der Waals surface area contributed by atoms with Crippen molar-refractivity contribution in [1.82, 2.24) is 4.98 Å². The highest BCUT2D eigenvalue weighted by atomic mass is 32.2. The highest BCUT2D eigenvalue weighted by Crippen LogP contribution is 2.15. The molecule has 1 aromatic rings. The maximum atomic E-state index is 10.9. The molecule has 0 fully saturated rings. The average Bonchev–Trinajstić information content (AvgIpc) is 2.73. The summed E-state index contributed by atoms with van der Waals surface area (Å²) in [5, 5.41) is 16.5. The van der Waals surface area contributed by atoms with Gasteiger partial charge in [0.05, 0.1) is 0 Å². The molecule has 0 aromatic carbocycles. The molecule has 0 bridgehead atoms. The molecule has 7 nitrogen and oxygen atoms in total. The maximum Gasteiger partial charge on any atom is 0.360 e. The minimum Gasteiger partial charge on any atom is -0.476 e. The van der Waals surface area contributed by atoms with Crippen LogP contribution in [0.4, 0.5) is 5.13 Å². The van der Waals surface area contributed by atoms with Crippen LogP contribution >= 0.6 is 23.1 Å². The van der Waals surface area contributed by atoms with Crippen LogP contribution in [0.5, 0.6) is 0 Å². The summed E-state index contributed by atoms with van der Waals surface area (Å²) in [6.07, 6.45) is 2.26. The number of carbonyl (C=O) groups excluding carboxylic acids is 1. The van der Waals surface area contributed by atoms with E-state index in [1.165, 1.54) is 17.1 Å². The molecule has 0 unspecified atom stereocenters. The van der Waals surface area contributed by atoms with Gasteiger partial charge in [0.2, 0.25) is 12.1 Å². The molecular formula is C8H9N3O4S2. The molecule has 2 N–H and O–H groups in total. The third-order valence-electron chi connectivity index (χ3n) is 1.46. The first-order valence-corrected chi connectivity index (χ1v) is 6.54. The van der Waals surface area contributed by atoms with Crippen LogP contribution in [-0.4, -0.2) is 40.4 Å². The number of thioether (sulfide) groups is 1. The quantitative estimate of drug-likeness (QED) is 0.251. The molecule has 1 amide bonds. The first-order valence-electron chi connectivity index (χ1n) is 4.27. The fraction of sp³-hybridized carbons (Fsp3) is 0.250. The van der Waals surface area contributed by atoms with Crippen LogP contribution in [-0.2, 0) is 14.4 Å². The lowest BCUT2D eigenvalue weighted by Gasteiger charge is -1.98. The smallest absolute Gasteiger partial charge is 0.360 e. The Bertz CT molecular complexity index is 432. The third kappa shape index (κ3) is 4.04. The lowest BCUT2D eigenvalue weighted by Crippen LogP contribution is -2.15. The minimum absolute atomic E-state index is 0.146. The Morgan fingerprint density at radius 3 is 3.18 bits per heavy atom. The number of carbonyl (C=O) groups is 2. The normalized spacial score (nSPS) is 11.0. The number of aliphatic carboxylic acids is 1. The van der Waals surface area contributed by atoms with E-state index in [1.54, 1.807) is 6.26 Å². The molecule has 17 heavy (non-hydrogen) atoms. The topological polar surface area (TPSA) is 101 Å². The van der Waals surface area contributed by atoms with Gasteiger partial charge < -0.3 is 15.3 Å². The van der Waals surface area contributed by atoms with Gasteiger partial charge in [-0.3, -0.25) is 4.79 Å². The summed E-state index contributed by atoms with van der Waals surface area (Å²) in [6, 6.07) is 0. The number of thiazole rings is 1. The predicted octanol–water partition coefficient (Wildman–Crippen LogP) is 0.837. The number of aromatic nitrogens is 1. The van der Waals surface area contributed by atoms with Crippen molar-refractivity contribution in [3.8, 4) is 0 Å². The van der Waals surface area contributed by atoms with Crippen molar-refractivity contribution >= 4 is 46.3 Å². The largest absolute Gasteiger partial charge is 0.476 e. The van der Waals surface area contributed by atoms with E-state index in [-0.39, 0.29) is 17.3 Å². The van der Waals surface area contributed by atoms with Crippen LogP contribution in [0, 0.1) is 0 Å². The number of carboxylic acids is 1. The first kappa shape index (κ1) is 13.5. The Hall–Kier alpha value is -1.61. The Kier molecular flexibility index (Phi) is 5.43. The van der Waals surface area contributed by atoms with Crippen molar-refractivity contribution in [2.24, 2.45) is 5.16 Å². The zero-order valence-electron chi connectivity index (χ0n) is 8.74. The van der Waals surface area contributed by atoms with E-state index >= 15 is 0 Å². The second-order valence-corrected chi connectivity index (χ2v) is 4.25. The van der Waals surface area contributed by atoms with Gasteiger partial charge in [0.15, 0.2) is 11.1 Å². The molecule has 92 valence electrons. The molecule has 1 rings (SSSR count). The Labute approximate surface area is 105 Å². The molecule has 1 aromatic heterocycles. The van der Waals surface area contributed by atoms with Crippen LogP contribution in [0.15, 0.2) is 10.5 Å². The SMILES string of the molecule is CSCO/N=C(\C(=O)O)c1csc(NC=O)n1. The van der Waals surface area contributed by atoms with Gasteiger partial charge >= 0.3 is 5.97 Å². The number of carboxylic acid groups (broad SMARTS) is 1. The van der Waals surface area contributed by atoms with Crippen LogP contribution < -0.4 is 5.32 Å². The van der Waals surface area contributed by atoms with E-state index in [0.717, 1.165) is 11.3 Å². The standard InChI is InChI=1S/C8H9N3O4S2/c1-16-4-15-11-6(7(13)14)5-2-17-8(10-5)9-3-12/h2-3H,4H2,1H3,(H,13,14)(H,9,10,12)/b11-6-. The lowest BCUT2D eigenvalue weighted by atomic mass is 10.3. The number of amides is 1. The summed E-state index contributed by atoms with van der Waals surface area (Å²) in [5.41, 5.74) is -0.151. The highest BCUT2D eigenvalue weighted by molar-refractivity contribution is 7.98. The fourth-order valence-corrected chi connectivity index (χ4v) is 1.65. The van der Waals surface area contributed by atoms with Gasteiger partial charge in [0.25, 0.3) is 0 Å². The molecule has 0 spiro atoms. The van der Waals surface area contributed by atoms with Crippen LogP contribution in [0.25, 0.3) is 0 Å². The second-order valence-electron chi connectivity index (χ2n) is 2.58. The van der Waals surface area contributed by atoms with Gasteiger partial charge in [-0.15, -0.1) is 23.1 Å². The summed E-state index contributed by atoms with van der Waals surface area (Å²) in [5.74, 6) is -0.991. The van der Waals surface area contributed by atoms with E-state index < -0.39 is 5.97 Å². The molecule has 9 heteroatoms. The van der Waals surface area contributed by atoms with Crippen molar-refractivity contribution in [3.63, 3.8) is 0 Å².